The third-order valence-electron chi connectivity index (χ3n) is 2.84. The number of nitrogens with two attached hydrogens (primary N) is 1. The van der Waals surface area contributed by atoms with Gasteiger partial charge >= 0.3 is 0 Å². The van der Waals surface area contributed by atoms with Crippen LogP contribution in [0.15, 0.2) is 10.7 Å². The third kappa shape index (κ3) is 3.00. The minimum absolute atomic E-state index is 0. The van der Waals surface area contributed by atoms with E-state index >= 15 is 0 Å². The molecule has 0 unspecified atom stereocenters. The van der Waals surface area contributed by atoms with E-state index in [0.29, 0.717) is 12.2 Å². The van der Waals surface area contributed by atoms with Crippen molar-refractivity contribution in [3.63, 3.8) is 0 Å². The lowest BCUT2D eigenvalue weighted by molar-refractivity contribution is 0.0696. The number of nitrogens with zero attached hydrogens (tertiary/aromatic N) is 3. The predicted molar refractivity (Wildman–Crippen MR) is 71.3 cm³/mol. The van der Waals surface area contributed by atoms with E-state index in [0.717, 1.165) is 23.9 Å². The van der Waals surface area contributed by atoms with Gasteiger partial charge in [0.25, 0.3) is 5.91 Å². The third-order valence-corrected chi connectivity index (χ3v) is 3.42. The van der Waals surface area contributed by atoms with Gasteiger partial charge < -0.3 is 10.6 Å². The van der Waals surface area contributed by atoms with Crippen LogP contribution < -0.4 is 5.73 Å². The second-order valence-corrected chi connectivity index (χ2v) is 4.97. The van der Waals surface area contributed by atoms with Crippen molar-refractivity contribution in [2.45, 2.75) is 18.9 Å². The van der Waals surface area contributed by atoms with Gasteiger partial charge in [0, 0.05) is 26.2 Å². The molecule has 0 bridgehead atoms. The van der Waals surface area contributed by atoms with Crippen LogP contribution in [0.5, 0.6) is 0 Å². The van der Waals surface area contributed by atoms with Crippen molar-refractivity contribution < 1.29 is 4.79 Å². The molecule has 0 aromatic carbocycles. The van der Waals surface area contributed by atoms with Crippen LogP contribution in [0.1, 0.15) is 23.3 Å². The zero-order valence-electron chi connectivity index (χ0n) is 9.60. The molecule has 0 spiro atoms. The van der Waals surface area contributed by atoms with Crippen LogP contribution in [0.25, 0.3) is 0 Å². The molecule has 7 heteroatoms. The molecule has 1 aliphatic rings. The van der Waals surface area contributed by atoms with Crippen molar-refractivity contribution in [3.8, 4) is 0 Å². The van der Waals surface area contributed by atoms with Crippen LogP contribution >= 0.6 is 28.3 Å². The first-order valence-electron chi connectivity index (χ1n) is 5.32. The van der Waals surface area contributed by atoms with Gasteiger partial charge in [0.2, 0.25) is 0 Å². The number of likely N-dealkylation sites (tertiary alicyclic amines) is 1. The topological polar surface area (TPSA) is 64.2 Å². The molecule has 1 saturated heterocycles. The number of piperidine rings is 1. The molecular weight excluding hydrogens is 307 g/mol. The lowest BCUT2D eigenvalue weighted by atomic mass is 10.1. The smallest absolute Gasteiger partial charge is 0.273 e. The molecule has 5 nitrogen and oxygen atoms in total. The normalized spacial score (nSPS) is 19.9. The number of carbonyl (C=O) groups excluding carboxylic acids is 1. The number of hydrogen-bond acceptors (Lipinski definition) is 3. The van der Waals surface area contributed by atoms with Crippen LogP contribution in [-0.4, -0.2) is 39.7 Å². The Morgan fingerprint density at radius 2 is 2.35 bits per heavy atom. The summed E-state index contributed by atoms with van der Waals surface area (Å²) >= 11 is 3.34. The van der Waals surface area contributed by atoms with Crippen molar-refractivity contribution >= 4 is 34.2 Å². The average molecular weight is 324 g/mol. The van der Waals surface area contributed by atoms with Gasteiger partial charge in [-0.2, -0.15) is 5.10 Å². The fourth-order valence-corrected chi connectivity index (χ4v) is 2.51. The fourth-order valence-electron chi connectivity index (χ4n) is 2.00. The predicted octanol–water partition coefficient (Wildman–Crippen LogP) is 1.17. The summed E-state index contributed by atoms with van der Waals surface area (Å²) in [5, 5.41) is 4.04. The highest BCUT2D eigenvalue weighted by molar-refractivity contribution is 9.10. The number of halogens is 2. The molecule has 2 rings (SSSR count). The molecule has 0 saturated carbocycles. The number of aromatic nitrogens is 2. The second-order valence-electron chi connectivity index (χ2n) is 4.12. The van der Waals surface area contributed by atoms with Crippen LogP contribution in [0, 0.1) is 0 Å². The van der Waals surface area contributed by atoms with Gasteiger partial charge in [0.15, 0.2) is 0 Å². The second kappa shape index (κ2) is 5.84. The standard InChI is InChI=1S/C10H15BrN4O.ClH/c1-14-9(8(11)5-13-14)10(16)15-4-2-3-7(12)6-15;/h5,7H,2-4,6,12H2,1H3;1H/t7-;/m0./s1. The Morgan fingerprint density at radius 1 is 1.65 bits per heavy atom. The van der Waals surface area contributed by atoms with Gasteiger partial charge in [0.1, 0.15) is 5.69 Å². The highest BCUT2D eigenvalue weighted by atomic mass is 79.9. The molecule has 17 heavy (non-hydrogen) atoms. The van der Waals surface area contributed by atoms with Crippen molar-refractivity contribution in [1.82, 2.24) is 14.7 Å². The van der Waals surface area contributed by atoms with Gasteiger partial charge in [0.05, 0.1) is 10.7 Å². The Labute approximate surface area is 115 Å². The fraction of sp³-hybridized carbons (Fsp3) is 0.600. The van der Waals surface area contributed by atoms with Crippen molar-refractivity contribution in [3.05, 3.63) is 16.4 Å². The Balaban J connectivity index is 0.00000144. The zero-order valence-corrected chi connectivity index (χ0v) is 12.0. The van der Waals surface area contributed by atoms with E-state index in [-0.39, 0.29) is 24.4 Å². The summed E-state index contributed by atoms with van der Waals surface area (Å²) in [7, 11) is 1.77. The van der Waals surface area contributed by atoms with Crippen molar-refractivity contribution in [2.75, 3.05) is 13.1 Å². The number of hydrogen-bond donors (Lipinski definition) is 1. The summed E-state index contributed by atoms with van der Waals surface area (Å²) in [5.41, 5.74) is 6.46. The molecule has 2 N–H and O–H groups in total. The van der Waals surface area contributed by atoms with Crippen LogP contribution in [0.3, 0.4) is 0 Å². The minimum atomic E-state index is 0. The van der Waals surface area contributed by atoms with E-state index in [1.807, 2.05) is 0 Å². The van der Waals surface area contributed by atoms with E-state index in [4.69, 9.17) is 5.73 Å². The summed E-state index contributed by atoms with van der Waals surface area (Å²) in [5.74, 6) is 0.00188. The van der Waals surface area contributed by atoms with Crippen LogP contribution in [-0.2, 0) is 7.05 Å². The summed E-state index contributed by atoms with van der Waals surface area (Å²) in [6.45, 7) is 1.42. The average Bonchev–Trinajstić information content (AvgIpc) is 2.58. The molecule has 1 fully saturated rings. The lowest BCUT2D eigenvalue weighted by Gasteiger charge is -2.30. The quantitative estimate of drug-likeness (QED) is 0.844. The van der Waals surface area contributed by atoms with E-state index in [1.165, 1.54) is 0 Å². The molecule has 96 valence electrons. The highest BCUT2D eigenvalue weighted by Gasteiger charge is 2.25. The number of aryl methyl sites for hydroxylation is 1. The first-order valence-corrected chi connectivity index (χ1v) is 6.11. The lowest BCUT2D eigenvalue weighted by Crippen LogP contribution is -2.46. The molecule has 2 heterocycles. The summed E-state index contributed by atoms with van der Waals surface area (Å²) in [6, 6.07) is 0.102. The minimum Gasteiger partial charge on any atom is -0.336 e. The largest absolute Gasteiger partial charge is 0.336 e. The molecule has 0 radical (unpaired) electrons. The van der Waals surface area contributed by atoms with Gasteiger partial charge in [-0.25, -0.2) is 0 Å². The van der Waals surface area contributed by atoms with Gasteiger partial charge in [-0.15, -0.1) is 12.4 Å². The SMILES string of the molecule is Cl.Cn1ncc(Br)c1C(=O)N1CCC[C@H](N)C1. The summed E-state index contributed by atoms with van der Waals surface area (Å²) in [6.07, 6.45) is 3.61. The Morgan fingerprint density at radius 3 is 2.88 bits per heavy atom. The number of amides is 1. The highest BCUT2D eigenvalue weighted by Crippen LogP contribution is 2.19. The number of rotatable bonds is 1. The Kier molecular flexibility index (Phi) is 4.97. The van der Waals surface area contributed by atoms with Crippen molar-refractivity contribution in [2.24, 2.45) is 12.8 Å². The van der Waals surface area contributed by atoms with Gasteiger partial charge in [-0.1, -0.05) is 0 Å². The van der Waals surface area contributed by atoms with E-state index < -0.39 is 0 Å². The molecule has 1 aliphatic heterocycles. The molecular formula is C10H16BrClN4O. The molecule has 1 aromatic rings. The number of carbonyl (C=O) groups is 1. The Bertz CT molecular complexity index is 390. The van der Waals surface area contributed by atoms with Gasteiger partial charge in [-0.05, 0) is 28.8 Å². The molecule has 1 amide bonds. The Hall–Kier alpha value is -0.590. The molecule has 1 aromatic heterocycles. The summed E-state index contributed by atoms with van der Waals surface area (Å²) in [4.78, 5) is 14.0. The monoisotopic (exact) mass is 322 g/mol. The maximum absolute atomic E-state index is 12.2. The first-order chi connectivity index (χ1) is 7.59. The first kappa shape index (κ1) is 14.5. The van der Waals surface area contributed by atoms with Crippen LogP contribution in [0.2, 0.25) is 0 Å². The van der Waals surface area contributed by atoms with Gasteiger partial charge in [-0.3, -0.25) is 9.48 Å². The van der Waals surface area contributed by atoms with E-state index in [9.17, 15) is 4.79 Å². The summed E-state index contributed by atoms with van der Waals surface area (Å²) < 4.78 is 2.33. The maximum Gasteiger partial charge on any atom is 0.273 e. The maximum atomic E-state index is 12.2. The molecule has 1 atom stereocenters. The van der Waals surface area contributed by atoms with E-state index in [1.54, 1.807) is 22.8 Å². The molecule has 0 aliphatic carbocycles. The zero-order chi connectivity index (χ0) is 11.7. The van der Waals surface area contributed by atoms with Crippen molar-refractivity contribution in [1.29, 1.82) is 0 Å². The van der Waals surface area contributed by atoms with E-state index in [2.05, 4.69) is 21.0 Å². The van der Waals surface area contributed by atoms with Crippen LogP contribution in [0.4, 0.5) is 0 Å².